The fourth-order valence-electron chi connectivity index (χ4n) is 1.96. The minimum absolute atomic E-state index is 0.0402. The van der Waals surface area contributed by atoms with Crippen molar-refractivity contribution in [1.82, 2.24) is 15.3 Å². The monoisotopic (exact) mass is 434 g/mol. The van der Waals surface area contributed by atoms with E-state index in [1.807, 2.05) is 0 Å². The molecule has 27 heavy (non-hydrogen) atoms. The summed E-state index contributed by atoms with van der Waals surface area (Å²) in [6.45, 7) is 0. The zero-order valence-corrected chi connectivity index (χ0v) is 16.5. The maximum absolute atomic E-state index is 12.7. The quantitative estimate of drug-likeness (QED) is 0.729. The van der Waals surface area contributed by atoms with Crippen LogP contribution in [0.1, 0.15) is 0 Å². The van der Waals surface area contributed by atoms with Crippen molar-refractivity contribution in [2.45, 2.75) is 0 Å². The lowest BCUT2D eigenvalue weighted by Crippen LogP contribution is -2.44. The van der Waals surface area contributed by atoms with E-state index in [4.69, 9.17) is 49.0 Å². The Kier molecular flexibility index (Phi) is 6.89. The number of aromatic nitrogens is 2. The van der Waals surface area contributed by atoms with Gasteiger partial charge in [0.2, 0.25) is 5.88 Å². The molecule has 1 aromatic carbocycles. The summed E-state index contributed by atoms with van der Waals surface area (Å²) in [5.74, 6) is 0.0652. The second-order valence-corrected chi connectivity index (χ2v) is 5.84. The summed E-state index contributed by atoms with van der Waals surface area (Å²) in [5.41, 5.74) is -0.195. The third-order valence-corrected chi connectivity index (χ3v) is 4.11. The first-order valence-electron chi connectivity index (χ1n) is 7.15. The van der Waals surface area contributed by atoms with Crippen LogP contribution in [0.4, 0.5) is 15.3 Å². The van der Waals surface area contributed by atoms with Gasteiger partial charge in [0.1, 0.15) is 38.7 Å². The fourth-order valence-corrected chi connectivity index (χ4v) is 2.77. The highest BCUT2D eigenvalue weighted by Crippen LogP contribution is 2.46. The van der Waals surface area contributed by atoms with Gasteiger partial charge in [-0.3, -0.25) is 0 Å². The Morgan fingerprint density at radius 3 is 2.11 bits per heavy atom. The second-order valence-electron chi connectivity index (χ2n) is 4.70. The molecular formula is C15H13Cl3N4O5. The number of methoxy groups -OCH3 is 2. The average molecular weight is 436 g/mol. The fraction of sp³-hybridized carbons (Fsp3) is 0.200. The Hall–Kier alpha value is -2.49. The van der Waals surface area contributed by atoms with E-state index in [2.05, 4.69) is 15.3 Å². The first-order valence-corrected chi connectivity index (χ1v) is 8.28. The van der Waals surface area contributed by atoms with Crippen LogP contribution in [0.2, 0.25) is 15.2 Å². The molecule has 0 atom stereocenters. The van der Waals surface area contributed by atoms with Gasteiger partial charge in [0.15, 0.2) is 0 Å². The number of halogens is 3. The molecule has 1 N–H and O–H groups in total. The van der Waals surface area contributed by atoms with Gasteiger partial charge < -0.3 is 19.5 Å². The van der Waals surface area contributed by atoms with Crippen LogP contribution in [0.3, 0.4) is 0 Å². The van der Waals surface area contributed by atoms with Crippen LogP contribution < -0.4 is 24.4 Å². The minimum Gasteiger partial charge on any atom is -0.495 e. The van der Waals surface area contributed by atoms with Crippen molar-refractivity contribution in [3.63, 3.8) is 0 Å². The van der Waals surface area contributed by atoms with Crippen molar-refractivity contribution < 1.29 is 23.8 Å². The number of anilines is 1. The summed E-state index contributed by atoms with van der Waals surface area (Å²) in [4.78, 5) is 33.0. The second kappa shape index (κ2) is 8.94. The van der Waals surface area contributed by atoms with Gasteiger partial charge in [-0.1, -0.05) is 34.8 Å². The standard InChI is InChI=1S/C15H13Cl3N4O5/c1-19-14(23)22(15(24)27-10-5-9(16)20-6-21-10)13-11(17)7(25-2)4-8(26-3)12(13)18/h4-6H,1-3H3,(H,19,23). The molecule has 0 spiro atoms. The summed E-state index contributed by atoms with van der Waals surface area (Å²) in [6.07, 6.45) is -0.0628. The molecule has 9 nitrogen and oxygen atoms in total. The molecule has 3 amide bonds. The van der Waals surface area contributed by atoms with Gasteiger partial charge in [-0.05, 0) is 0 Å². The van der Waals surface area contributed by atoms with E-state index < -0.39 is 12.1 Å². The largest absolute Gasteiger partial charge is 0.495 e. The molecule has 0 saturated carbocycles. The zero-order valence-electron chi connectivity index (χ0n) is 14.2. The molecule has 0 saturated heterocycles. The van der Waals surface area contributed by atoms with Crippen molar-refractivity contribution in [3.05, 3.63) is 33.7 Å². The molecule has 0 bridgehead atoms. The number of carbonyl (C=O) groups is 2. The van der Waals surface area contributed by atoms with Crippen molar-refractivity contribution in [2.24, 2.45) is 0 Å². The van der Waals surface area contributed by atoms with Crippen molar-refractivity contribution in [3.8, 4) is 17.4 Å². The molecule has 0 aliphatic rings. The molecule has 0 fully saturated rings. The van der Waals surface area contributed by atoms with E-state index in [1.54, 1.807) is 0 Å². The first-order chi connectivity index (χ1) is 12.8. The highest BCUT2D eigenvalue weighted by atomic mass is 35.5. The summed E-state index contributed by atoms with van der Waals surface area (Å²) in [7, 11) is 4.01. The molecule has 2 aromatic rings. The van der Waals surface area contributed by atoms with Crippen LogP contribution in [0.5, 0.6) is 17.4 Å². The SMILES string of the molecule is CNC(=O)N(C(=O)Oc1cc(Cl)ncn1)c1c(Cl)c(OC)cc(OC)c1Cl. The molecule has 1 heterocycles. The number of rotatable bonds is 4. The number of carbonyl (C=O) groups excluding carboxylic acids is 2. The Morgan fingerprint density at radius 1 is 1.04 bits per heavy atom. The lowest BCUT2D eigenvalue weighted by Gasteiger charge is -2.23. The molecule has 0 unspecified atom stereocenters. The molecule has 144 valence electrons. The molecule has 0 aliphatic carbocycles. The minimum atomic E-state index is -1.15. The Morgan fingerprint density at radius 2 is 1.63 bits per heavy atom. The lowest BCUT2D eigenvalue weighted by molar-refractivity contribution is 0.203. The number of amides is 3. The van der Waals surface area contributed by atoms with E-state index in [-0.39, 0.29) is 38.3 Å². The van der Waals surface area contributed by atoms with Crippen LogP contribution in [0, 0.1) is 0 Å². The Bertz CT molecular complexity index is 853. The number of imide groups is 1. The number of nitrogens with one attached hydrogen (secondary N) is 1. The number of hydrogen-bond acceptors (Lipinski definition) is 7. The molecule has 12 heteroatoms. The summed E-state index contributed by atoms with van der Waals surface area (Å²) in [6, 6.07) is 1.72. The van der Waals surface area contributed by atoms with E-state index in [9.17, 15) is 9.59 Å². The molecule has 2 rings (SSSR count). The zero-order chi connectivity index (χ0) is 20.1. The van der Waals surface area contributed by atoms with Crippen LogP contribution in [0.15, 0.2) is 18.5 Å². The van der Waals surface area contributed by atoms with Crippen molar-refractivity contribution in [2.75, 3.05) is 26.2 Å². The Labute approximate surface area is 169 Å². The van der Waals surface area contributed by atoms with Crippen LogP contribution >= 0.6 is 34.8 Å². The average Bonchev–Trinajstić information content (AvgIpc) is 2.64. The van der Waals surface area contributed by atoms with Crippen LogP contribution in [-0.2, 0) is 0 Å². The summed E-state index contributed by atoms with van der Waals surface area (Å²) >= 11 is 18.3. The number of urea groups is 1. The van der Waals surface area contributed by atoms with Crippen LogP contribution in [-0.4, -0.2) is 43.4 Å². The predicted molar refractivity (Wildman–Crippen MR) is 99.6 cm³/mol. The smallest absolute Gasteiger partial charge is 0.429 e. The van der Waals surface area contributed by atoms with E-state index in [0.29, 0.717) is 4.90 Å². The van der Waals surface area contributed by atoms with Gasteiger partial charge in [-0.15, -0.1) is 0 Å². The normalized spacial score (nSPS) is 10.1. The lowest BCUT2D eigenvalue weighted by atomic mass is 10.2. The van der Waals surface area contributed by atoms with Gasteiger partial charge >= 0.3 is 12.1 Å². The van der Waals surface area contributed by atoms with E-state index in [1.165, 1.54) is 33.4 Å². The molecular weight excluding hydrogens is 423 g/mol. The summed E-state index contributed by atoms with van der Waals surface area (Å²) < 4.78 is 15.4. The third kappa shape index (κ3) is 4.44. The van der Waals surface area contributed by atoms with Gasteiger partial charge in [0, 0.05) is 19.2 Å². The number of ether oxygens (including phenoxy) is 3. The topological polar surface area (TPSA) is 103 Å². The van der Waals surface area contributed by atoms with Gasteiger partial charge in [0.05, 0.1) is 14.2 Å². The van der Waals surface area contributed by atoms with Gasteiger partial charge in [0.25, 0.3) is 0 Å². The Balaban J connectivity index is 2.57. The number of benzene rings is 1. The molecule has 0 aliphatic heterocycles. The highest BCUT2D eigenvalue weighted by Gasteiger charge is 2.32. The molecule has 1 aromatic heterocycles. The van der Waals surface area contributed by atoms with E-state index >= 15 is 0 Å². The van der Waals surface area contributed by atoms with Crippen molar-refractivity contribution >= 4 is 52.6 Å². The summed E-state index contributed by atoms with van der Waals surface area (Å²) in [5, 5.41) is 2.13. The van der Waals surface area contributed by atoms with Gasteiger partial charge in [-0.2, -0.15) is 4.90 Å². The molecule has 0 radical (unpaired) electrons. The number of nitrogens with zero attached hydrogens (tertiary/aromatic N) is 3. The maximum atomic E-state index is 12.7. The number of hydrogen-bond donors (Lipinski definition) is 1. The van der Waals surface area contributed by atoms with E-state index in [0.717, 1.165) is 6.33 Å². The van der Waals surface area contributed by atoms with Crippen LogP contribution in [0.25, 0.3) is 0 Å². The van der Waals surface area contributed by atoms with Gasteiger partial charge in [-0.25, -0.2) is 19.6 Å². The first kappa shape index (κ1) is 20.8. The highest BCUT2D eigenvalue weighted by molar-refractivity contribution is 6.43. The van der Waals surface area contributed by atoms with Crippen molar-refractivity contribution in [1.29, 1.82) is 0 Å². The maximum Gasteiger partial charge on any atom is 0.429 e. The third-order valence-electron chi connectivity index (χ3n) is 3.17. The predicted octanol–water partition coefficient (Wildman–Crippen LogP) is 3.80.